The molecule has 1 aliphatic heterocycles. The molecule has 1 saturated heterocycles. The largest absolute Gasteiger partial charge is 0.381 e. The van der Waals surface area contributed by atoms with Crippen molar-refractivity contribution in [2.75, 3.05) is 19.8 Å². The normalized spacial score (nSPS) is 19.9. The maximum atomic E-state index is 11.8. The molecule has 1 fully saturated rings. The molecule has 1 aliphatic rings. The Labute approximate surface area is 109 Å². The number of primary sulfonamides is 1. The molecule has 1 aromatic rings. The van der Waals surface area contributed by atoms with E-state index in [9.17, 15) is 13.2 Å². The molecule has 1 aromatic heterocycles. The van der Waals surface area contributed by atoms with Gasteiger partial charge in [0.05, 0.1) is 12.2 Å². The molecule has 100 valence electrons. The molecule has 0 spiro atoms. The summed E-state index contributed by atoms with van der Waals surface area (Å²) in [5.41, 5.74) is 0.322. The van der Waals surface area contributed by atoms with Crippen molar-refractivity contribution in [3.63, 3.8) is 0 Å². The summed E-state index contributed by atoms with van der Waals surface area (Å²) >= 11 is 0.944. The second kappa shape index (κ2) is 5.35. The van der Waals surface area contributed by atoms with Crippen LogP contribution in [0.5, 0.6) is 0 Å². The van der Waals surface area contributed by atoms with E-state index in [-0.39, 0.29) is 10.1 Å². The summed E-state index contributed by atoms with van der Waals surface area (Å²) in [6, 6.07) is 1.29. The fourth-order valence-corrected chi connectivity index (χ4v) is 3.25. The third-order valence-electron chi connectivity index (χ3n) is 2.69. The van der Waals surface area contributed by atoms with Crippen molar-refractivity contribution in [3.8, 4) is 0 Å². The molecule has 6 nitrogen and oxygen atoms in total. The lowest BCUT2D eigenvalue weighted by Gasteiger charge is -2.08. The highest BCUT2D eigenvalue weighted by Crippen LogP contribution is 2.19. The van der Waals surface area contributed by atoms with E-state index in [1.165, 1.54) is 11.4 Å². The first-order chi connectivity index (χ1) is 8.47. The molecule has 0 aliphatic carbocycles. The van der Waals surface area contributed by atoms with Crippen molar-refractivity contribution < 1.29 is 17.9 Å². The zero-order valence-corrected chi connectivity index (χ0v) is 11.2. The Morgan fingerprint density at radius 2 is 2.39 bits per heavy atom. The molecule has 1 atom stereocenters. The Balaban J connectivity index is 1.94. The smallest absolute Gasteiger partial charge is 0.252 e. The van der Waals surface area contributed by atoms with Crippen LogP contribution < -0.4 is 10.5 Å². The van der Waals surface area contributed by atoms with Gasteiger partial charge >= 0.3 is 0 Å². The molecule has 2 heterocycles. The van der Waals surface area contributed by atoms with Gasteiger partial charge in [0.15, 0.2) is 0 Å². The highest BCUT2D eigenvalue weighted by atomic mass is 32.2. The number of nitrogens with one attached hydrogen (secondary N) is 1. The van der Waals surface area contributed by atoms with Gasteiger partial charge in [-0.05, 0) is 12.5 Å². The van der Waals surface area contributed by atoms with Gasteiger partial charge in [-0.15, -0.1) is 11.3 Å². The highest BCUT2D eigenvalue weighted by Gasteiger charge is 2.18. The van der Waals surface area contributed by atoms with Gasteiger partial charge in [-0.2, -0.15) is 0 Å². The van der Waals surface area contributed by atoms with Crippen LogP contribution in [0.15, 0.2) is 15.7 Å². The number of amides is 1. The quantitative estimate of drug-likeness (QED) is 0.825. The Morgan fingerprint density at radius 1 is 1.61 bits per heavy atom. The van der Waals surface area contributed by atoms with Crippen LogP contribution in [0.2, 0.25) is 0 Å². The SMILES string of the molecule is NS(=O)(=O)c1cc(C(=O)NCC2CCOC2)cs1. The lowest BCUT2D eigenvalue weighted by Crippen LogP contribution is -2.29. The van der Waals surface area contributed by atoms with E-state index in [0.717, 1.165) is 24.4 Å². The summed E-state index contributed by atoms with van der Waals surface area (Å²) in [4.78, 5) is 11.8. The number of carbonyl (C=O) groups is 1. The number of carbonyl (C=O) groups excluding carboxylic acids is 1. The molecule has 0 radical (unpaired) electrons. The van der Waals surface area contributed by atoms with Gasteiger partial charge < -0.3 is 10.1 Å². The van der Waals surface area contributed by atoms with Crippen LogP contribution in [-0.4, -0.2) is 34.1 Å². The topological polar surface area (TPSA) is 98.5 Å². The summed E-state index contributed by atoms with van der Waals surface area (Å²) in [6.45, 7) is 1.93. The summed E-state index contributed by atoms with van der Waals surface area (Å²) in [6.07, 6.45) is 0.937. The van der Waals surface area contributed by atoms with Crippen molar-refractivity contribution in [2.24, 2.45) is 11.1 Å². The van der Waals surface area contributed by atoms with E-state index in [1.807, 2.05) is 0 Å². The predicted octanol–water partition coefficient (Wildman–Crippen LogP) is 0.162. The Hall–Kier alpha value is -0.960. The van der Waals surface area contributed by atoms with E-state index in [4.69, 9.17) is 9.88 Å². The van der Waals surface area contributed by atoms with Crippen molar-refractivity contribution >= 4 is 27.3 Å². The monoisotopic (exact) mass is 290 g/mol. The first kappa shape index (κ1) is 13.5. The molecular weight excluding hydrogens is 276 g/mol. The van der Waals surface area contributed by atoms with Gasteiger partial charge in [0.25, 0.3) is 5.91 Å². The summed E-state index contributed by atoms with van der Waals surface area (Å²) in [5.74, 6) is 0.0540. The van der Waals surface area contributed by atoms with Gasteiger partial charge in [-0.25, -0.2) is 13.6 Å². The minimum Gasteiger partial charge on any atom is -0.381 e. The summed E-state index contributed by atoms with van der Waals surface area (Å²) in [7, 11) is -3.73. The Kier molecular flexibility index (Phi) is 4.00. The number of hydrogen-bond donors (Lipinski definition) is 2. The van der Waals surface area contributed by atoms with Crippen LogP contribution in [0.1, 0.15) is 16.8 Å². The van der Waals surface area contributed by atoms with Crippen LogP contribution in [0.25, 0.3) is 0 Å². The Morgan fingerprint density at radius 3 is 2.94 bits per heavy atom. The van der Waals surface area contributed by atoms with Crippen LogP contribution in [0, 0.1) is 5.92 Å². The molecule has 3 N–H and O–H groups in total. The second-order valence-corrected chi connectivity index (χ2v) is 6.84. The molecule has 0 aromatic carbocycles. The predicted molar refractivity (Wildman–Crippen MR) is 67.0 cm³/mol. The molecule has 0 saturated carbocycles. The number of nitrogens with two attached hydrogens (primary N) is 1. The average Bonchev–Trinajstić information content (AvgIpc) is 2.96. The zero-order valence-electron chi connectivity index (χ0n) is 9.59. The third-order valence-corrected chi connectivity index (χ3v) is 5.08. The van der Waals surface area contributed by atoms with Crippen LogP contribution in [0.3, 0.4) is 0 Å². The lowest BCUT2D eigenvalue weighted by molar-refractivity contribution is 0.0945. The number of rotatable bonds is 4. The van der Waals surface area contributed by atoms with Gasteiger partial charge in [0.1, 0.15) is 4.21 Å². The molecular formula is C10H14N2O4S2. The van der Waals surface area contributed by atoms with Crippen molar-refractivity contribution in [1.29, 1.82) is 0 Å². The number of thiophene rings is 1. The standard InChI is InChI=1S/C10H14N2O4S2/c11-18(14,15)9-3-8(6-17-9)10(13)12-4-7-1-2-16-5-7/h3,6-7H,1-2,4-5H2,(H,12,13)(H2,11,14,15). The Bertz CT molecular complexity index is 532. The van der Waals surface area contributed by atoms with Crippen molar-refractivity contribution in [3.05, 3.63) is 17.0 Å². The zero-order chi connectivity index (χ0) is 13.2. The van der Waals surface area contributed by atoms with E-state index in [0.29, 0.717) is 24.6 Å². The minimum atomic E-state index is -3.73. The van der Waals surface area contributed by atoms with Crippen LogP contribution >= 0.6 is 11.3 Å². The molecule has 2 rings (SSSR count). The molecule has 0 bridgehead atoms. The van der Waals surface area contributed by atoms with E-state index >= 15 is 0 Å². The number of sulfonamides is 1. The molecule has 1 amide bonds. The molecule has 1 unspecified atom stereocenters. The second-order valence-electron chi connectivity index (χ2n) is 4.14. The highest BCUT2D eigenvalue weighted by molar-refractivity contribution is 7.91. The maximum absolute atomic E-state index is 11.8. The average molecular weight is 290 g/mol. The fourth-order valence-electron chi connectivity index (χ4n) is 1.67. The van der Waals surface area contributed by atoms with Crippen molar-refractivity contribution in [1.82, 2.24) is 5.32 Å². The first-order valence-electron chi connectivity index (χ1n) is 5.44. The summed E-state index contributed by atoms with van der Waals surface area (Å²) in [5, 5.41) is 9.22. The van der Waals surface area contributed by atoms with E-state index < -0.39 is 10.0 Å². The van der Waals surface area contributed by atoms with Crippen LogP contribution in [0.4, 0.5) is 0 Å². The first-order valence-corrected chi connectivity index (χ1v) is 7.86. The van der Waals surface area contributed by atoms with Crippen LogP contribution in [-0.2, 0) is 14.8 Å². The number of ether oxygens (including phenoxy) is 1. The maximum Gasteiger partial charge on any atom is 0.252 e. The van der Waals surface area contributed by atoms with Gasteiger partial charge in [-0.3, -0.25) is 4.79 Å². The minimum absolute atomic E-state index is 0.00292. The van der Waals surface area contributed by atoms with Gasteiger partial charge in [0, 0.05) is 24.4 Å². The number of hydrogen-bond acceptors (Lipinski definition) is 5. The van der Waals surface area contributed by atoms with Gasteiger partial charge in [-0.1, -0.05) is 0 Å². The van der Waals surface area contributed by atoms with Gasteiger partial charge in [0.2, 0.25) is 10.0 Å². The summed E-state index contributed by atoms with van der Waals surface area (Å²) < 4.78 is 27.3. The third kappa shape index (κ3) is 3.29. The van der Waals surface area contributed by atoms with Crippen molar-refractivity contribution in [2.45, 2.75) is 10.6 Å². The van der Waals surface area contributed by atoms with E-state index in [1.54, 1.807) is 0 Å². The molecule has 18 heavy (non-hydrogen) atoms. The fraction of sp³-hybridized carbons (Fsp3) is 0.500. The van der Waals surface area contributed by atoms with E-state index in [2.05, 4.69) is 5.32 Å². The lowest BCUT2D eigenvalue weighted by atomic mass is 10.1. The molecule has 8 heteroatoms.